The van der Waals surface area contributed by atoms with Crippen LogP contribution in [0.2, 0.25) is 0 Å². The van der Waals surface area contributed by atoms with Gasteiger partial charge in [0.2, 0.25) is 0 Å². The van der Waals surface area contributed by atoms with E-state index in [0.717, 1.165) is 37.4 Å². The molecule has 0 unspecified atom stereocenters. The molecule has 1 N–H and O–H groups in total. The van der Waals surface area contributed by atoms with Gasteiger partial charge in [-0.25, -0.2) is 4.98 Å². The fraction of sp³-hybridized carbons (Fsp3) is 0.538. The number of hydrogen-bond donors (Lipinski definition) is 1. The highest BCUT2D eigenvalue weighted by Gasteiger charge is 2.21. The largest absolute Gasteiger partial charge is 0.311 e. The number of fused-ring (bicyclic) bond motifs is 1. The van der Waals surface area contributed by atoms with E-state index in [0.29, 0.717) is 0 Å². The third-order valence-corrected chi connectivity index (χ3v) is 3.51. The van der Waals surface area contributed by atoms with E-state index in [1.54, 1.807) is 0 Å². The Kier molecular flexibility index (Phi) is 2.70. The van der Waals surface area contributed by atoms with Gasteiger partial charge in [0.1, 0.15) is 5.82 Å². The zero-order valence-corrected chi connectivity index (χ0v) is 11.2. The van der Waals surface area contributed by atoms with Crippen molar-refractivity contribution in [3.05, 3.63) is 29.1 Å². The Morgan fingerprint density at radius 3 is 3.06 bits per heavy atom. The first-order valence-electron chi connectivity index (χ1n) is 6.51. The highest BCUT2D eigenvalue weighted by atomic mass is 15.3. The Balaban J connectivity index is 2.19. The zero-order valence-electron chi connectivity index (χ0n) is 11.2. The van der Waals surface area contributed by atoms with Gasteiger partial charge >= 0.3 is 0 Å². The minimum absolute atomic E-state index is 0.880. The molecule has 3 rings (SSSR count). The van der Waals surface area contributed by atoms with Crippen LogP contribution in [-0.2, 0) is 26.4 Å². The Labute approximate surface area is 107 Å². The summed E-state index contributed by atoms with van der Waals surface area (Å²) in [6.45, 7) is 6.13. The molecule has 3 heterocycles. The quantitative estimate of drug-likeness (QED) is 0.862. The van der Waals surface area contributed by atoms with E-state index >= 15 is 0 Å². The molecule has 0 radical (unpaired) electrons. The average Bonchev–Trinajstić information content (AvgIpc) is 2.87. The fourth-order valence-electron chi connectivity index (χ4n) is 2.73. The Morgan fingerprint density at radius 2 is 2.28 bits per heavy atom. The van der Waals surface area contributed by atoms with Crippen LogP contribution < -0.4 is 5.32 Å². The molecule has 0 saturated carbocycles. The monoisotopic (exact) mass is 245 g/mol. The lowest BCUT2D eigenvalue weighted by Crippen LogP contribution is -2.24. The molecular weight excluding hydrogens is 226 g/mol. The number of imidazole rings is 1. The first-order valence-corrected chi connectivity index (χ1v) is 6.51. The number of nitrogens with zero attached hydrogens (tertiary/aromatic N) is 4. The van der Waals surface area contributed by atoms with E-state index in [9.17, 15) is 0 Å². The van der Waals surface area contributed by atoms with Crippen LogP contribution in [0.25, 0.3) is 5.69 Å². The molecule has 2 aromatic heterocycles. The third-order valence-electron chi connectivity index (χ3n) is 3.51. The molecule has 1 aliphatic heterocycles. The molecular formula is C13H19N5. The van der Waals surface area contributed by atoms with Gasteiger partial charge in [0, 0.05) is 38.4 Å². The molecule has 0 atom stereocenters. The van der Waals surface area contributed by atoms with Gasteiger partial charge in [-0.15, -0.1) is 0 Å². The Morgan fingerprint density at radius 1 is 1.44 bits per heavy atom. The summed E-state index contributed by atoms with van der Waals surface area (Å²) in [7, 11) is 1.98. The number of aromatic nitrogens is 4. The van der Waals surface area contributed by atoms with Gasteiger partial charge in [-0.2, -0.15) is 5.10 Å². The van der Waals surface area contributed by atoms with Crippen LogP contribution in [0.4, 0.5) is 0 Å². The van der Waals surface area contributed by atoms with Crippen LogP contribution in [0.1, 0.15) is 29.8 Å². The summed E-state index contributed by atoms with van der Waals surface area (Å²) in [5, 5.41) is 7.90. The molecule has 0 aromatic carbocycles. The van der Waals surface area contributed by atoms with Crippen molar-refractivity contribution >= 4 is 0 Å². The normalized spacial score (nSPS) is 14.8. The molecule has 18 heavy (non-hydrogen) atoms. The molecule has 5 heteroatoms. The SMILES string of the molecule is CCc1nn(C)cc1-n1c(C)nc2c1CCNC2. The van der Waals surface area contributed by atoms with E-state index in [-0.39, 0.29) is 0 Å². The molecule has 96 valence electrons. The summed E-state index contributed by atoms with van der Waals surface area (Å²) < 4.78 is 4.17. The van der Waals surface area contributed by atoms with Crippen molar-refractivity contribution in [1.82, 2.24) is 24.6 Å². The maximum absolute atomic E-state index is 4.68. The topological polar surface area (TPSA) is 47.7 Å². The standard InChI is InChI=1S/C13H19N5/c1-4-10-13(8-17(3)16-10)18-9(2)15-11-7-14-6-5-12(11)18/h8,14H,4-7H2,1-3H3. The molecule has 5 nitrogen and oxygen atoms in total. The van der Waals surface area contributed by atoms with Crippen molar-refractivity contribution in [3.8, 4) is 5.69 Å². The van der Waals surface area contributed by atoms with Crippen molar-refractivity contribution in [2.75, 3.05) is 6.54 Å². The average molecular weight is 245 g/mol. The predicted molar refractivity (Wildman–Crippen MR) is 69.9 cm³/mol. The van der Waals surface area contributed by atoms with Crippen LogP contribution in [0, 0.1) is 6.92 Å². The summed E-state index contributed by atoms with van der Waals surface area (Å²) >= 11 is 0. The number of nitrogens with one attached hydrogen (secondary N) is 1. The number of aryl methyl sites for hydroxylation is 3. The second-order valence-electron chi connectivity index (χ2n) is 4.80. The first-order chi connectivity index (χ1) is 8.70. The Bertz CT molecular complexity index is 578. The van der Waals surface area contributed by atoms with Crippen molar-refractivity contribution in [2.45, 2.75) is 33.2 Å². The highest BCUT2D eigenvalue weighted by molar-refractivity contribution is 5.40. The van der Waals surface area contributed by atoms with Crippen LogP contribution in [-0.4, -0.2) is 25.9 Å². The van der Waals surface area contributed by atoms with Crippen molar-refractivity contribution in [1.29, 1.82) is 0 Å². The van der Waals surface area contributed by atoms with Crippen molar-refractivity contribution in [2.24, 2.45) is 7.05 Å². The first kappa shape index (κ1) is 11.5. The molecule has 0 aliphatic carbocycles. The molecule has 0 amide bonds. The summed E-state index contributed by atoms with van der Waals surface area (Å²) in [4.78, 5) is 4.68. The zero-order chi connectivity index (χ0) is 12.7. The maximum Gasteiger partial charge on any atom is 0.110 e. The van der Waals surface area contributed by atoms with Crippen LogP contribution in [0.15, 0.2) is 6.20 Å². The van der Waals surface area contributed by atoms with Gasteiger partial charge in [-0.1, -0.05) is 6.92 Å². The van der Waals surface area contributed by atoms with E-state index in [1.165, 1.54) is 17.1 Å². The van der Waals surface area contributed by atoms with E-state index < -0.39 is 0 Å². The molecule has 2 aromatic rings. The maximum atomic E-state index is 4.68. The van der Waals surface area contributed by atoms with Crippen LogP contribution in [0.5, 0.6) is 0 Å². The smallest absolute Gasteiger partial charge is 0.110 e. The lowest BCUT2D eigenvalue weighted by molar-refractivity contribution is 0.619. The molecule has 0 bridgehead atoms. The molecule has 0 spiro atoms. The molecule has 0 saturated heterocycles. The van der Waals surface area contributed by atoms with Gasteiger partial charge in [0.05, 0.1) is 17.1 Å². The second-order valence-corrected chi connectivity index (χ2v) is 4.80. The van der Waals surface area contributed by atoms with Gasteiger partial charge in [-0.05, 0) is 13.3 Å². The minimum Gasteiger partial charge on any atom is -0.311 e. The predicted octanol–water partition coefficient (Wildman–Crippen LogP) is 1.12. The minimum atomic E-state index is 0.880. The van der Waals surface area contributed by atoms with E-state index in [1.807, 2.05) is 11.7 Å². The molecule has 1 aliphatic rings. The lowest BCUT2D eigenvalue weighted by atomic mass is 10.1. The summed E-state index contributed by atoms with van der Waals surface area (Å²) in [6.07, 6.45) is 4.07. The summed E-state index contributed by atoms with van der Waals surface area (Å²) in [5.41, 5.74) is 4.85. The van der Waals surface area contributed by atoms with E-state index in [2.05, 4.69) is 40.0 Å². The fourth-order valence-corrected chi connectivity index (χ4v) is 2.73. The van der Waals surface area contributed by atoms with Gasteiger partial charge < -0.3 is 5.32 Å². The van der Waals surface area contributed by atoms with Gasteiger partial charge in [-0.3, -0.25) is 9.25 Å². The molecule has 0 fully saturated rings. The number of rotatable bonds is 2. The summed E-state index contributed by atoms with van der Waals surface area (Å²) in [5.74, 6) is 1.06. The highest BCUT2D eigenvalue weighted by Crippen LogP contribution is 2.23. The van der Waals surface area contributed by atoms with E-state index in [4.69, 9.17) is 0 Å². The van der Waals surface area contributed by atoms with Gasteiger partial charge in [0.15, 0.2) is 0 Å². The van der Waals surface area contributed by atoms with Crippen LogP contribution in [0.3, 0.4) is 0 Å². The number of hydrogen-bond acceptors (Lipinski definition) is 3. The van der Waals surface area contributed by atoms with Crippen molar-refractivity contribution < 1.29 is 0 Å². The summed E-state index contributed by atoms with van der Waals surface area (Å²) in [6, 6.07) is 0. The van der Waals surface area contributed by atoms with Gasteiger partial charge in [0.25, 0.3) is 0 Å². The second kappa shape index (κ2) is 4.24. The van der Waals surface area contributed by atoms with Crippen LogP contribution >= 0.6 is 0 Å². The lowest BCUT2D eigenvalue weighted by Gasteiger charge is -2.15. The van der Waals surface area contributed by atoms with Crippen molar-refractivity contribution in [3.63, 3.8) is 0 Å². The third kappa shape index (κ3) is 1.66. The Hall–Kier alpha value is -1.62.